The van der Waals surface area contributed by atoms with Crippen molar-refractivity contribution in [3.63, 3.8) is 0 Å². The van der Waals surface area contributed by atoms with Crippen molar-refractivity contribution in [2.24, 2.45) is 5.92 Å². The molecule has 132 valence electrons. The molecular formula is C15H18Cl2N2O4S. The second kappa shape index (κ2) is 7.17. The predicted molar refractivity (Wildman–Crippen MR) is 90.7 cm³/mol. The van der Waals surface area contributed by atoms with Crippen LogP contribution in [0, 0.1) is 5.92 Å². The second-order valence-electron chi connectivity index (χ2n) is 5.84. The highest BCUT2D eigenvalue weighted by Gasteiger charge is 2.35. The minimum Gasteiger partial charge on any atom is -0.381 e. The van der Waals surface area contributed by atoms with Gasteiger partial charge in [-0.15, -0.1) is 0 Å². The highest BCUT2D eigenvalue weighted by atomic mass is 35.5. The maximum atomic E-state index is 12.8. The van der Waals surface area contributed by atoms with Gasteiger partial charge in [0.25, 0.3) is 0 Å². The lowest BCUT2D eigenvalue weighted by Crippen LogP contribution is -2.52. The molecule has 6 nitrogen and oxygen atoms in total. The zero-order valence-corrected chi connectivity index (χ0v) is 15.3. The van der Waals surface area contributed by atoms with Crippen molar-refractivity contribution in [3.05, 3.63) is 28.2 Å². The Kier molecular flexibility index (Phi) is 5.36. The van der Waals surface area contributed by atoms with Gasteiger partial charge < -0.3 is 9.64 Å². The maximum absolute atomic E-state index is 12.8. The van der Waals surface area contributed by atoms with Crippen LogP contribution in [0.4, 0.5) is 0 Å². The fraction of sp³-hybridized carbons (Fsp3) is 0.533. The van der Waals surface area contributed by atoms with Crippen LogP contribution in [0.15, 0.2) is 23.1 Å². The molecule has 24 heavy (non-hydrogen) atoms. The van der Waals surface area contributed by atoms with Gasteiger partial charge in [0.05, 0.1) is 22.6 Å². The Bertz CT molecular complexity index is 707. The number of hydrogen-bond acceptors (Lipinski definition) is 4. The SMILES string of the molecule is O=C(C1CCOC1)N1CCN(S(=O)(=O)c2c(Cl)cccc2Cl)CC1. The van der Waals surface area contributed by atoms with Crippen LogP contribution in [-0.2, 0) is 19.6 Å². The van der Waals surface area contributed by atoms with Crippen molar-refractivity contribution in [3.8, 4) is 0 Å². The Balaban J connectivity index is 1.71. The van der Waals surface area contributed by atoms with E-state index >= 15 is 0 Å². The molecule has 2 aliphatic rings. The van der Waals surface area contributed by atoms with Gasteiger partial charge in [-0.3, -0.25) is 4.79 Å². The first-order valence-corrected chi connectivity index (χ1v) is 9.91. The number of carbonyl (C=O) groups is 1. The van der Waals surface area contributed by atoms with Crippen molar-refractivity contribution in [2.75, 3.05) is 39.4 Å². The first kappa shape index (κ1) is 17.9. The van der Waals surface area contributed by atoms with Gasteiger partial charge in [-0.25, -0.2) is 8.42 Å². The van der Waals surface area contributed by atoms with Crippen molar-refractivity contribution in [1.29, 1.82) is 0 Å². The number of carbonyl (C=O) groups excluding carboxylic acids is 1. The molecule has 3 rings (SSSR count). The zero-order chi connectivity index (χ0) is 17.3. The first-order valence-electron chi connectivity index (χ1n) is 7.72. The third kappa shape index (κ3) is 3.41. The molecule has 1 atom stereocenters. The molecule has 1 aromatic carbocycles. The van der Waals surface area contributed by atoms with Crippen molar-refractivity contribution in [1.82, 2.24) is 9.21 Å². The Hall–Kier alpha value is -0.860. The quantitative estimate of drug-likeness (QED) is 0.787. The molecule has 2 fully saturated rings. The van der Waals surface area contributed by atoms with Gasteiger partial charge in [0.1, 0.15) is 4.90 Å². The Morgan fingerprint density at radius 1 is 1.12 bits per heavy atom. The summed E-state index contributed by atoms with van der Waals surface area (Å²) in [5, 5.41) is 0.202. The molecular weight excluding hydrogens is 375 g/mol. The molecule has 2 aliphatic heterocycles. The third-order valence-corrected chi connectivity index (χ3v) is 7.20. The average Bonchev–Trinajstić information content (AvgIpc) is 3.08. The average molecular weight is 393 g/mol. The lowest BCUT2D eigenvalue weighted by molar-refractivity contribution is -0.136. The number of ether oxygens (including phenoxy) is 1. The summed E-state index contributed by atoms with van der Waals surface area (Å²) in [6, 6.07) is 4.60. The van der Waals surface area contributed by atoms with Crippen LogP contribution >= 0.6 is 23.2 Å². The molecule has 0 bridgehead atoms. The van der Waals surface area contributed by atoms with E-state index in [1.807, 2.05) is 0 Å². The van der Waals surface area contributed by atoms with Gasteiger partial charge in [0.2, 0.25) is 15.9 Å². The summed E-state index contributed by atoms with van der Waals surface area (Å²) in [6.45, 7) is 2.22. The van der Waals surface area contributed by atoms with Gasteiger partial charge in [-0.05, 0) is 18.6 Å². The van der Waals surface area contributed by atoms with Crippen LogP contribution in [0.25, 0.3) is 0 Å². The van der Waals surface area contributed by atoms with E-state index in [-0.39, 0.29) is 39.9 Å². The summed E-state index contributed by atoms with van der Waals surface area (Å²) in [7, 11) is -3.78. The summed E-state index contributed by atoms with van der Waals surface area (Å²) in [5.41, 5.74) is 0. The van der Waals surface area contributed by atoms with E-state index in [0.717, 1.165) is 6.42 Å². The normalized spacial score (nSPS) is 22.8. The topological polar surface area (TPSA) is 66.9 Å². The summed E-state index contributed by atoms with van der Waals surface area (Å²) in [4.78, 5) is 14.0. The smallest absolute Gasteiger partial charge is 0.246 e. The van der Waals surface area contributed by atoms with Crippen molar-refractivity contribution < 1.29 is 17.9 Å². The monoisotopic (exact) mass is 392 g/mol. The first-order chi connectivity index (χ1) is 11.4. The number of sulfonamides is 1. The second-order valence-corrected chi connectivity index (χ2v) is 8.53. The van der Waals surface area contributed by atoms with Gasteiger partial charge in [0, 0.05) is 32.8 Å². The van der Waals surface area contributed by atoms with E-state index in [2.05, 4.69) is 0 Å². The number of benzene rings is 1. The van der Waals surface area contributed by atoms with E-state index < -0.39 is 10.0 Å². The fourth-order valence-corrected chi connectivity index (χ4v) is 5.51. The fourth-order valence-electron chi connectivity index (χ4n) is 2.99. The molecule has 0 spiro atoms. The molecule has 0 aliphatic carbocycles. The number of halogens is 2. The van der Waals surface area contributed by atoms with E-state index in [4.69, 9.17) is 27.9 Å². The Labute approximate surface area is 151 Å². The van der Waals surface area contributed by atoms with Crippen molar-refractivity contribution >= 4 is 39.1 Å². The molecule has 1 amide bonds. The third-order valence-electron chi connectivity index (χ3n) is 4.35. The molecule has 1 aromatic rings. The summed E-state index contributed by atoms with van der Waals surface area (Å²) < 4.78 is 32.2. The Morgan fingerprint density at radius 2 is 1.75 bits per heavy atom. The minimum atomic E-state index is -3.78. The molecule has 0 radical (unpaired) electrons. The van der Waals surface area contributed by atoms with Crippen molar-refractivity contribution in [2.45, 2.75) is 11.3 Å². The molecule has 0 saturated carbocycles. The largest absolute Gasteiger partial charge is 0.381 e. The minimum absolute atomic E-state index is 0.0420. The van der Waals surface area contributed by atoms with Crippen LogP contribution < -0.4 is 0 Å². The molecule has 0 N–H and O–H groups in total. The van der Waals surface area contributed by atoms with Crippen LogP contribution in [0.1, 0.15) is 6.42 Å². The van der Waals surface area contributed by atoms with Gasteiger partial charge >= 0.3 is 0 Å². The van der Waals surface area contributed by atoms with E-state index in [1.54, 1.807) is 11.0 Å². The molecule has 2 heterocycles. The lowest BCUT2D eigenvalue weighted by atomic mass is 10.1. The summed E-state index contributed by atoms with van der Waals surface area (Å²) in [5.74, 6) is -0.0634. The van der Waals surface area contributed by atoms with Crippen LogP contribution in [-0.4, -0.2) is 62.9 Å². The number of nitrogens with zero attached hydrogens (tertiary/aromatic N) is 2. The number of amides is 1. The molecule has 0 aromatic heterocycles. The number of hydrogen-bond donors (Lipinski definition) is 0. The van der Waals surface area contributed by atoms with Crippen LogP contribution in [0.3, 0.4) is 0 Å². The van der Waals surface area contributed by atoms with Crippen LogP contribution in [0.5, 0.6) is 0 Å². The maximum Gasteiger partial charge on any atom is 0.246 e. The standard InChI is InChI=1S/C15H18Cl2N2O4S/c16-12-2-1-3-13(17)14(12)24(21,22)19-7-5-18(6-8-19)15(20)11-4-9-23-10-11/h1-3,11H,4-10H2. The number of piperazine rings is 1. The van der Waals surface area contributed by atoms with E-state index in [1.165, 1.54) is 16.4 Å². The molecule has 1 unspecified atom stereocenters. The van der Waals surface area contributed by atoms with E-state index in [9.17, 15) is 13.2 Å². The molecule has 9 heteroatoms. The highest BCUT2D eigenvalue weighted by Crippen LogP contribution is 2.32. The highest BCUT2D eigenvalue weighted by molar-refractivity contribution is 7.89. The van der Waals surface area contributed by atoms with Gasteiger partial charge in [-0.2, -0.15) is 4.31 Å². The predicted octanol–water partition coefficient (Wildman–Crippen LogP) is 1.86. The van der Waals surface area contributed by atoms with Crippen LogP contribution in [0.2, 0.25) is 10.0 Å². The lowest BCUT2D eigenvalue weighted by Gasteiger charge is -2.35. The molecule has 2 saturated heterocycles. The van der Waals surface area contributed by atoms with E-state index in [0.29, 0.717) is 26.3 Å². The zero-order valence-electron chi connectivity index (χ0n) is 13.0. The van der Waals surface area contributed by atoms with Gasteiger partial charge in [0.15, 0.2) is 0 Å². The number of rotatable bonds is 3. The summed E-state index contributed by atoms with van der Waals surface area (Å²) in [6.07, 6.45) is 0.729. The van der Waals surface area contributed by atoms with Gasteiger partial charge in [-0.1, -0.05) is 29.3 Å². The Morgan fingerprint density at radius 3 is 2.29 bits per heavy atom. The summed E-state index contributed by atoms with van der Waals surface area (Å²) >= 11 is 12.1.